The molecule has 0 spiro atoms. The molecule has 0 N–H and O–H groups in total. The summed E-state index contributed by atoms with van der Waals surface area (Å²) < 4.78 is 27.6. The van der Waals surface area contributed by atoms with Gasteiger partial charge in [0.2, 0.25) is 5.91 Å². The predicted molar refractivity (Wildman–Crippen MR) is 136 cm³/mol. The quantitative estimate of drug-likeness (QED) is 0.519. The average molecular weight is 492 g/mol. The third-order valence-corrected chi connectivity index (χ3v) is 9.31. The normalized spacial score (nSPS) is 18.9. The minimum atomic E-state index is -3.36. The maximum atomic E-state index is 13.2. The van der Waals surface area contributed by atoms with Crippen molar-refractivity contribution in [2.75, 3.05) is 18.8 Å². The van der Waals surface area contributed by atoms with Crippen molar-refractivity contribution in [2.24, 2.45) is 5.92 Å². The van der Waals surface area contributed by atoms with Crippen molar-refractivity contribution in [3.05, 3.63) is 83.4 Å². The van der Waals surface area contributed by atoms with Gasteiger partial charge in [-0.05, 0) is 62.3 Å². The van der Waals surface area contributed by atoms with Gasteiger partial charge in [-0.2, -0.15) is 0 Å². The van der Waals surface area contributed by atoms with Crippen LogP contribution < -0.4 is 0 Å². The molecule has 6 nitrogen and oxygen atoms in total. The Kier molecular flexibility index (Phi) is 6.78. The van der Waals surface area contributed by atoms with Crippen LogP contribution in [0.1, 0.15) is 47.7 Å². The fourth-order valence-electron chi connectivity index (χ4n) is 5.48. The minimum Gasteiger partial charge on any atom is -0.342 e. The van der Waals surface area contributed by atoms with E-state index in [1.165, 1.54) is 11.1 Å². The van der Waals surface area contributed by atoms with Crippen LogP contribution in [-0.2, 0) is 34.0 Å². The number of benzene rings is 2. The Bertz CT molecular complexity index is 1290. The number of carbonyl (C=O) groups is 1. The molecule has 1 saturated heterocycles. The van der Waals surface area contributed by atoms with Gasteiger partial charge in [-0.3, -0.25) is 4.79 Å². The largest absolute Gasteiger partial charge is 0.342 e. The highest BCUT2D eigenvalue weighted by Crippen LogP contribution is 2.31. The van der Waals surface area contributed by atoms with E-state index in [-0.39, 0.29) is 23.5 Å². The number of nitrogens with zero attached hydrogens (tertiary/aromatic N) is 3. The molecule has 5 rings (SSSR count). The number of piperidine rings is 1. The molecule has 3 aromatic rings. The second-order valence-corrected chi connectivity index (χ2v) is 12.0. The summed E-state index contributed by atoms with van der Waals surface area (Å²) in [6.07, 6.45) is 8.09. The van der Waals surface area contributed by atoms with Crippen molar-refractivity contribution < 1.29 is 13.2 Å². The smallest absolute Gasteiger partial charge is 0.226 e. The first-order chi connectivity index (χ1) is 16.9. The highest BCUT2D eigenvalue weighted by molar-refractivity contribution is 7.91. The van der Waals surface area contributed by atoms with E-state index in [1.807, 2.05) is 34.7 Å². The van der Waals surface area contributed by atoms with Gasteiger partial charge in [0.25, 0.3) is 0 Å². The summed E-state index contributed by atoms with van der Waals surface area (Å²) in [5, 5.41) is 0. The molecule has 0 saturated carbocycles. The molecule has 7 heteroatoms. The number of fused-ring (bicyclic) bond motifs is 1. The molecule has 1 aliphatic carbocycles. The standard InChI is InChI=1S/C28H33N3O3S/c1-21-6-10-26(11-7-21)35(33,34)19-18-30-17-14-29-27(30)23-12-15-31(16-13-23)28(32)25-9-8-22-4-2-3-5-24(22)20-25/h2-7,10-11,14,17,23,25H,8-9,12-13,15-16,18-20H2,1H3. The van der Waals surface area contributed by atoms with E-state index < -0.39 is 9.84 Å². The molecule has 184 valence electrons. The molecule has 2 aromatic carbocycles. The van der Waals surface area contributed by atoms with Gasteiger partial charge in [-0.1, -0.05) is 42.0 Å². The number of sulfone groups is 1. The van der Waals surface area contributed by atoms with E-state index >= 15 is 0 Å². The van der Waals surface area contributed by atoms with Gasteiger partial charge in [-0.25, -0.2) is 13.4 Å². The molecule has 2 heterocycles. The molecule has 1 amide bonds. The number of amides is 1. The molecule has 1 fully saturated rings. The van der Waals surface area contributed by atoms with Crippen LogP contribution >= 0.6 is 0 Å². The monoisotopic (exact) mass is 491 g/mol. The lowest BCUT2D eigenvalue weighted by molar-refractivity contribution is -0.137. The van der Waals surface area contributed by atoms with Crippen molar-refractivity contribution in [1.29, 1.82) is 0 Å². The number of imidazole rings is 1. The SMILES string of the molecule is Cc1ccc(S(=O)(=O)CCn2ccnc2C2CCN(C(=O)C3CCc4ccccc4C3)CC2)cc1. The first kappa shape index (κ1) is 23.8. The van der Waals surface area contributed by atoms with E-state index in [0.29, 0.717) is 11.4 Å². The summed E-state index contributed by atoms with van der Waals surface area (Å²) in [6.45, 7) is 3.79. The number of rotatable bonds is 6. The van der Waals surface area contributed by atoms with E-state index in [1.54, 1.807) is 18.3 Å². The van der Waals surface area contributed by atoms with Gasteiger partial charge >= 0.3 is 0 Å². The minimum absolute atomic E-state index is 0.0416. The van der Waals surface area contributed by atoms with Crippen LogP contribution in [0.4, 0.5) is 0 Å². The lowest BCUT2D eigenvalue weighted by Crippen LogP contribution is -2.43. The van der Waals surface area contributed by atoms with Crippen molar-refractivity contribution >= 4 is 15.7 Å². The third kappa shape index (κ3) is 5.20. The highest BCUT2D eigenvalue weighted by atomic mass is 32.2. The van der Waals surface area contributed by atoms with Gasteiger partial charge in [0.05, 0.1) is 10.6 Å². The maximum absolute atomic E-state index is 13.2. The van der Waals surface area contributed by atoms with Crippen LogP contribution in [0.25, 0.3) is 0 Å². The molecular weight excluding hydrogens is 458 g/mol. The average Bonchev–Trinajstić information content (AvgIpc) is 3.36. The summed E-state index contributed by atoms with van der Waals surface area (Å²) in [6, 6.07) is 15.5. The highest BCUT2D eigenvalue weighted by Gasteiger charge is 2.32. The molecule has 35 heavy (non-hydrogen) atoms. The Balaban J connectivity index is 1.17. The Morgan fingerprint density at radius 2 is 1.71 bits per heavy atom. The second kappa shape index (κ2) is 9.97. The van der Waals surface area contributed by atoms with Gasteiger partial charge < -0.3 is 9.47 Å². The van der Waals surface area contributed by atoms with Crippen molar-refractivity contribution in [3.8, 4) is 0 Å². The van der Waals surface area contributed by atoms with Gasteiger partial charge in [0.1, 0.15) is 5.82 Å². The Hall–Kier alpha value is -2.93. The van der Waals surface area contributed by atoms with Crippen molar-refractivity contribution in [3.63, 3.8) is 0 Å². The summed E-state index contributed by atoms with van der Waals surface area (Å²) in [5.41, 5.74) is 3.74. The zero-order valence-electron chi connectivity index (χ0n) is 20.3. The van der Waals surface area contributed by atoms with Crippen molar-refractivity contribution in [1.82, 2.24) is 14.5 Å². The van der Waals surface area contributed by atoms with E-state index in [4.69, 9.17) is 0 Å². The molecule has 1 atom stereocenters. The Labute approximate surface area is 207 Å². The van der Waals surface area contributed by atoms with Gasteiger partial charge in [0.15, 0.2) is 9.84 Å². The Morgan fingerprint density at radius 3 is 2.46 bits per heavy atom. The predicted octanol–water partition coefficient (Wildman–Crippen LogP) is 4.18. The van der Waals surface area contributed by atoms with Gasteiger partial charge in [0, 0.05) is 43.9 Å². The molecule has 1 aromatic heterocycles. The lowest BCUT2D eigenvalue weighted by atomic mass is 9.82. The van der Waals surface area contributed by atoms with Crippen LogP contribution in [0.2, 0.25) is 0 Å². The zero-order chi connectivity index (χ0) is 24.4. The summed E-state index contributed by atoms with van der Waals surface area (Å²) in [5.74, 6) is 1.58. The topological polar surface area (TPSA) is 72.3 Å². The lowest BCUT2D eigenvalue weighted by Gasteiger charge is -2.35. The molecular formula is C28H33N3O3S. The van der Waals surface area contributed by atoms with E-state index in [0.717, 1.165) is 56.6 Å². The van der Waals surface area contributed by atoms with Gasteiger partial charge in [-0.15, -0.1) is 0 Å². The van der Waals surface area contributed by atoms with E-state index in [9.17, 15) is 13.2 Å². The molecule has 2 aliphatic rings. The number of likely N-dealkylation sites (tertiary alicyclic amines) is 1. The fraction of sp³-hybridized carbons (Fsp3) is 0.429. The first-order valence-electron chi connectivity index (χ1n) is 12.6. The van der Waals surface area contributed by atoms with Crippen LogP contribution in [0, 0.1) is 12.8 Å². The third-order valence-electron chi connectivity index (χ3n) is 7.60. The molecule has 1 unspecified atom stereocenters. The second-order valence-electron chi connectivity index (χ2n) is 9.92. The fourth-order valence-corrected chi connectivity index (χ4v) is 6.70. The molecule has 0 radical (unpaired) electrons. The summed E-state index contributed by atoms with van der Waals surface area (Å²) in [4.78, 5) is 20.2. The molecule has 0 bridgehead atoms. The molecule has 1 aliphatic heterocycles. The summed E-state index contributed by atoms with van der Waals surface area (Å²) >= 11 is 0. The number of hydrogen-bond acceptors (Lipinski definition) is 4. The number of carbonyl (C=O) groups excluding carboxylic acids is 1. The summed E-state index contributed by atoms with van der Waals surface area (Å²) in [7, 11) is -3.36. The van der Waals surface area contributed by atoms with E-state index in [2.05, 4.69) is 29.2 Å². The number of aryl methyl sites for hydroxylation is 3. The number of aromatic nitrogens is 2. The number of hydrogen-bond donors (Lipinski definition) is 0. The van der Waals surface area contributed by atoms with Crippen LogP contribution in [0.15, 0.2) is 65.8 Å². The van der Waals surface area contributed by atoms with Crippen LogP contribution in [0.3, 0.4) is 0 Å². The van der Waals surface area contributed by atoms with Crippen molar-refractivity contribution in [2.45, 2.75) is 56.4 Å². The maximum Gasteiger partial charge on any atom is 0.226 e. The van der Waals surface area contributed by atoms with Crippen LogP contribution in [0.5, 0.6) is 0 Å². The zero-order valence-corrected chi connectivity index (χ0v) is 21.1. The first-order valence-corrected chi connectivity index (χ1v) is 14.2. The Morgan fingerprint density at radius 1 is 1.00 bits per heavy atom. The van der Waals surface area contributed by atoms with Crippen LogP contribution in [-0.4, -0.2) is 47.6 Å².